The molecule has 0 saturated heterocycles. The quantitative estimate of drug-likeness (QED) is 0.468. The van der Waals surface area contributed by atoms with Crippen LogP contribution in [0.15, 0.2) is 0 Å². The van der Waals surface area contributed by atoms with Crippen LogP contribution in [0.4, 0.5) is 26.3 Å². The number of esters is 2. The minimum Gasteiger partial charge on any atom is -0.460 e. The molecule has 0 aromatic carbocycles. The monoisotopic (exact) mass is 448 g/mol. The number of carbonyl (C=O) groups excluding carboxylic acids is 2. The Morgan fingerprint density at radius 3 is 1.97 bits per heavy atom. The normalized spacial score (nSPS) is 27.3. The summed E-state index contributed by atoms with van der Waals surface area (Å²) in [5.41, 5.74) is -5.53. The van der Waals surface area contributed by atoms with Gasteiger partial charge in [-0.3, -0.25) is 4.79 Å². The second-order valence-electron chi connectivity index (χ2n) is 8.89. The first kappa shape index (κ1) is 24.7. The Hall–Kier alpha value is -1.52. The first-order chi connectivity index (χ1) is 13.5. The van der Waals surface area contributed by atoms with Crippen LogP contribution < -0.4 is 0 Å². The Bertz CT molecular complexity index is 643. The van der Waals surface area contributed by atoms with Crippen molar-refractivity contribution in [3.05, 3.63) is 0 Å². The molecule has 1 N–H and O–H groups in total. The Morgan fingerprint density at radius 2 is 1.53 bits per heavy atom. The lowest BCUT2D eigenvalue weighted by atomic mass is 9.79. The Morgan fingerprint density at radius 1 is 0.967 bits per heavy atom. The van der Waals surface area contributed by atoms with E-state index in [1.165, 1.54) is 0 Å². The van der Waals surface area contributed by atoms with E-state index < -0.39 is 72.2 Å². The highest BCUT2D eigenvalue weighted by Gasteiger charge is 2.71. The number of fused-ring (bicyclic) bond motifs is 2. The van der Waals surface area contributed by atoms with Crippen LogP contribution in [0.1, 0.15) is 52.9 Å². The summed E-state index contributed by atoms with van der Waals surface area (Å²) in [5.74, 6) is -3.29. The second kappa shape index (κ2) is 8.20. The molecule has 2 bridgehead atoms. The average molecular weight is 448 g/mol. The molecule has 0 aliphatic heterocycles. The molecule has 0 radical (unpaired) electrons. The highest BCUT2D eigenvalue weighted by molar-refractivity contribution is 5.79. The summed E-state index contributed by atoms with van der Waals surface area (Å²) in [6.07, 6.45) is -12.9. The molecule has 4 unspecified atom stereocenters. The summed E-state index contributed by atoms with van der Waals surface area (Å²) >= 11 is 0. The van der Waals surface area contributed by atoms with Crippen molar-refractivity contribution in [1.82, 2.24) is 0 Å². The number of rotatable bonds is 7. The molecule has 174 valence electrons. The van der Waals surface area contributed by atoms with Crippen molar-refractivity contribution in [2.24, 2.45) is 23.2 Å². The summed E-state index contributed by atoms with van der Waals surface area (Å²) in [7, 11) is 0. The molecule has 5 nitrogen and oxygen atoms in total. The molecule has 0 amide bonds. The zero-order chi connectivity index (χ0) is 23.1. The van der Waals surface area contributed by atoms with Crippen LogP contribution in [-0.4, -0.2) is 47.7 Å². The van der Waals surface area contributed by atoms with Gasteiger partial charge in [-0.15, -0.1) is 0 Å². The summed E-state index contributed by atoms with van der Waals surface area (Å²) in [5, 5.41) is 9.41. The summed E-state index contributed by atoms with van der Waals surface area (Å²) in [6, 6.07) is 0. The van der Waals surface area contributed by atoms with E-state index in [2.05, 4.69) is 0 Å². The third kappa shape index (κ3) is 4.86. The van der Waals surface area contributed by atoms with Crippen molar-refractivity contribution in [1.29, 1.82) is 0 Å². The molecule has 0 spiro atoms. The fourth-order valence-electron chi connectivity index (χ4n) is 4.17. The Labute approximate surface area is 170 Å². The summed E-state index contributed by atoms with van der Waals surface area (Å²) < 4.78 is 87.7. The average Bonchev–Trinajstić information content (AvgIpc) is 3.17. The van der Waals surface area contributed by atoms with Crippen LogP contribution in [0.2, 0.25) is 0 Å². The van der Waals surface area contributed by atoms with E-state index in [1.807, 2.05) is 0 Å². The van der Waals surface area contributed by atoms with Gasteiger partial charge in [-0.25, -0.2) is 4.79 Å². The van der Waals surface area contributed by atoms with E-state index in [4.69, 9.17) is 9.47 Å². The van der Waals surface area contributed by atoms with Crippen molar-refractivity contribution in [2.45, 2.75) is 76.9 Å². The smallest absolute Gasteiger partial charge is 0.426 e. The van der Waals surface area contributed by atoms with Crippen molar-refractivity contribution in [3.63, 3.8) is 0 Å². The molecular weight excluding hydrogens is 422 g/mol. The van der Waals surface area contributed by atoms with Gasteiger partial charge in [0.25, 0.3) is 5.60 Å². The molecule has 4 atom stereocenters. The first-order valence-corrected chi connectivity index (χ1v) is 9.74. The van der Waals surface area contributed by atoms with E-state index in [1.54, 1.807) is 20.8 Å². The van der Waals surface area contributed by atoms with Crippen LogP contribution in [0.25, 0.3) is 0 Å². The molecule has 0 aromatic heterocycles. The maximum atomic E-state index is 12.9. The zero-order valence-corrected chi connectivity index (χ0v) is 16.9. The molecule has 11 heteroatoms. The lowest BCUT2D eigenvalue weighted by molar-refractivity contribution is -0.373. The van der Waals surface area contributed by atoms with Crippen molar-refractivity contribution in [3.8, 4) is 0 Å². The molecule has 2 saturated carbocycles. The number of aliphatic hydroxyl groups is 1. The van der Waals surface area contributed by atoms with Gasteiger partial charge in [0, 0.05) is 0 Å². The van der Waals surface area contributed by atoms with Crippen LogP contribution in [-0.2, 0) is 19.1 Å². The van der Waals surface area contributed by atoms with Crippen molar-refractivity contribution < 1.29 is 50.5 Å². The SMILES string of the molecule is CCC(C)(C)C(=O)OCC(=O)OC1CC2CC1CC2CC(O)(C(F)(F)F)C(F)(F)F. The van der Waals surface area contributed by atoms with E-state index in [0.717, 1.165) is 0 Å². The fraction of sp³-hybridized carbons (Fsp3) is 0.895. The first-order valence-electron chi connectivity index (χ1n) is 9.74. The highest BCUT2D eigenvalue weighted by Crippen LogP contribution is 2.56. The van der Waals surface area contributed by atoms with E-state index in [0.29, 0.717) is 12.8 Å². The molecule has 30 heavy (non-hydrogen) atoms. The largest absolute Gasteiger partial charge is 0.460 e. The number of alkyl halides is 6. The molecule has 2 aliphatic rings. The Balaban J connectivity index is 1.90. The predicted octanol–water partition coefficient (Wildman–Crippen LogP) is 4.17. The number of ether oxygens (including phenoxy) is 2. The van der Waals surface area contributed by atoms with E-state index in [-0.39, 0.29) is 12.8 Å². The van der Waals surface area contributed by atoms with Gasteiger partial charge in [0.15, 0.2) is 6.61 Å². The third-order valence-electron chi connectivity index (χ3n) is 6.47. The second-order valence-corrected chi connectivity index (χ2v) is 8.89. The van der Waals surface area contributed by atoms with Gasteiger partial charge >= 0.3 is 24.3 Å². The van der Waals surface area contributed by atoms with Gasteiger partial charge in [0.1, 0.15) is 6.10 Å². The van der Waals surface area contributed by atoms with Gasteiger partial charge in [-0.05, 0) is 63.7 Å². The van der Waals surface area contributed by atoms with Crippen LogP contribution >= 0.6 is 0 Å². The van der Waals surface area contributed by atoms with Crippen molar-refractivity contribution >= 4 is 11.9 Å². The lowest BCUT2D eigenvalue weighted by Crippen LogP contribution is -2.58. The molecule has 2 fully saturated rings. The number of carbonyl (C=O) groups is 2. The van der Waals surface area contributed by atoms with Crippen molar-refractivity contribution in [2.75, 3.05) is 6.61 Å². The highest BCUT2D eigenvalue weighted by atomic mass is 19.4. The van der Waals surface area contributed by atoms with Crippen LogP contribution in [0, 0.1) is 23.2 Å². The summed E-state index contributed by atoms with van der Waals surface area (Å²) in [6.45, 7) is 4.48. The zero-order valence-electron chi connectivity index (χ0n) is 16.9. The number of hydrogen-bond donors (Lipinski definition) is 1. The van der Waals surface area contributed by atoms with Gasteiger partial charge < -0.3 is 14.6 Å². The van der Waals surface area contributed by atoms with E-state index >= 15 is 0 Å². The topological polar surface area (TPSA) is 72.8 Å². The van der Waals surface area contributed by atoms with Crippen LogP contribution in [0.5, 0.6) is 0 Å². The van der Waals surface area contributed by atoms with E-state index in [9.17, 15) is 41.0 Å². The minimum absolute atomic E-state index is 0.0141. The maximum Gasteiger partial charge on any atom is 0.426 e. The molecular formula is C19H26F6O5. The molecule has 0 aromatic rings. The summed E-state index contributed by atoms with van der Waals surface area (Å²) in [4.78, 5) is 23.8. The van der Waals surface area contributed by atoms with Gasteiger partial charge in [0.2, 0.25) is 0 Å². The number of halogens is 6. The number of hydrogen-bond acceptors (Lipinski definition) is 5. The van der Waals surface area contributed by atoms with Crippen LogP contribution in [0.3, 0.4) is 0 Å². The Kier molecular flexibility index (Phi) is 6.76. The predicted molar refractivity (Wildman–Crippen MR) is 90.9 cm³/mol. The standard InChI is InChI=1S/C19H26F6O5/c1-4-16(2,3)15(27)29-9-14(26)30-13-7-10-5-11(13)6-12(10)8-17(28,18(20,21)22)19(23,24)25/h10-13,28H,4-9H2,1-3H3. The molecule has 2 rings (SSSR count). The minimum atomic E-state index is -5.84. The maximum absolute atomic E-state index is 12.9. The van der Waals surface area contributed by atoms with Gasteiger partial charge in [-0.1, -0.05) is 6.92 Å². The third-order valence-corrected chi connectivity index (χ3v) is 6.47. The fourth-order valence-corrected chi connectivity index (χ4v) is 4.17. The molecule has 0 heterocycles. The van der Waals surface area contributed by atoms with Gasteiger partial charge in [-0.2, -0.15) is 26.3 Å². The van der Waals surface area contributed by atoms with Gasteiger partial charge in [0.05, 0.1) is 5.41 Å². The lowest BCUT2D eigenvalue weighted by Gasteiger charge is -2.37. The molecule has 2 aliphatic carbocycles.